The molecule has 2 amide bonds. The molecule has 0 atom stereocenters. The van der Waals surface area contributed by atoms with Gasteiger partial charge in [0.15, 0.2) is 0 Å². The third kappa shape index (κ3) is 8.92. The van der Waals surface area contributed by atoms with Gasteiger partial charge in [0.25, 0.3) is 21.8 Å². The predicted octanol–water partition coefficient (Wildman–Crippen LogP) is 4.54. The van der Waals surface area contributed by atoms with Crippen molar-refractivity contribution in [1.82, 2.24) is 15.0 Å². The lowest BCUT2D eigenvalue weighted by Crippen LogP contribution is -2.30. The molecule has 1 aromatic heterocycles. The Kier molecular flexibility index (Phi) is 11.1. The molecule has 0 saturated carbocycles. The molecule has 11 nitrogen and oxygen atoms in total. The first kappa shape index (κ1) is 31.4. The van der Waals surface area contributed by atoms with E-state index >= 15 is 0 Å². The summed E-state index contributed by atoms with van der Waals surface area (Å²) >= 11 is 6.10. The molecule has 2 N–H and O–H groups in total. The number of benzene rings is 2. The second-order valence-corrected chi connectivity index (χ2v) is 10.8. The Hall–Kier alpha value is -4.16. The first-order chi connectivity index (χ1) is 19.6. The fraction of sp³-hybridized carbons (Fsp3) is 0.286. The minimum atomic E-state index is -4.18. The average molecular weight is 604 g/mol. The van der Waals surface area contributed by atoms with Gasteiger partial charge in [-0.05, 0) is 61.2 Å². The number of halogens is 1. The Morgan fingerprint density at radius 1 is 0.976 bits per heavy atom. The van der Waals surface area contributed by atoms with E-state index in [2.05, 4.69) is 10.3 Å². The van der Waals surface area contributed by atoms with E-state index in [1.807, 2.05) is 18.6 Å². The van der Waals surface area contributed by atoms with Crippen LogP contribution in [0.4, 0.5) is 4.79 Å². The zero-order valence-corrected chi connectivity index (χ0v) is 24.3. The maximum Gasteiger partial charge on any atom is 0.515 e. The first-order valence-electron chi connectivity index (χ1n) is 12.7. The molecule has 0 spiro atoms. The Morgan fingerprint density at radius 2 is 1.68 bits per heavy atom. The minimum absolute atomic E-state index is 0.0576. The summed E-state index contributed by atoms with van der Waals surface area (Å²) in [6.07, 6.45) is 1.57. The topological polar surface area (TPSA) is 150 Å². The summed E-state index contributed by atoms with van der Waals surface area (Å²) in [6.45, 7) is 4.02. The van der Waals surface area contributed by atoms with E-state index in [9.17, 15) is 22.8 Å². The highest BCUT2D eigenvalue weighted by Gasteiger charge is 2.20. The molecule has 218 valence electrons. The van der Waals surface area contributed by atoms with Crippen LogP contribution in [-0.4, -0.2) is 51.1 Å². The van der Waals surface area contributed by atoms with Crippen LogP contribution in [0.3, 0.4) is 0 Å². The van der Waals surface area contributed by atoms with Crippen molar-refractivity contribution in [2.24, 2.45) is 0 Å². The van der Waals surface area contributed by atoms with Gasteiger partial charge in [-0.15, -0.1) is 0 Å². The molecule has 41 heavy (non-hydrogen) atoms. The van der Waals surface area contributed by atoms with E-state index in [0.29, 0.717) is 25.0 Å². The molecule has 0 bridgehead atoms. The smallest absolute Gasteiger partial charge is 0.497 e. The van der Waals surface area contributed by atoms with Gasteiger partial charge in [0.2, 0.25) is 5.88 Å². The Bertz CT molecular complexity index is 1480. The predicted molar refractivity (Wildman–Crippen MR) is 151 cm³/mol. The number of carbonyl (C=O) groups is 3. The van der Waals surface area contributed by atoms with Crippen molar-refractivity contribution in [3.05, 3.63) is 82.5 Å². The zero-order valence-electron chi connectivity index (χ0n) is 22.7. The number of aromatic nitrogens is 1. The molecule has 0 aliphatic heterocycles. The third-order valence-corrected chi connectivity index (χ3v) is 7.61. The van der Waals surface area contributed by atoms with Gasteiger partial charge in [-0.3, -0.25) is 9.59 Å². The van der Waals surface area contributed by atoms with Gasteiger partial charge < -0.3 is 19.5 Å². The summed E-state index contributed by atoms with van der Waals surface area (Å²) in [5.41, 5.74) is 0.979. The number of nitrogens with zero attached hydrogens (tertiary/aromatic N) is 1. The molecule has 3 aromatic rings. The molecular formula is C28H30ClN3O8S. The van der Waals surface area contributed by atoms with Crippen LogP contribution >= 0.6 is 11.6 Å². The Labute approximate surface area is 243 Å². The average Bonchev–Trinajstić information content (AvgIpc) is 2.96. The van der Waals surface area contributed by atoms with Crippen LogP contribution in [0.1, 0.15) is 53.0 Å². The number of nitrogens with one attached hydrogen (secondary N) is 2. The third-order valence-electron chi connectivity index (χ3n) is 5.94. The van der Waals surface area contributed by atoms with Crippen molar-refractivity contribution in [3.63, 3.8) is 0 Å². The highest BCUT2D eigenvalue weighted by Crippen LogP contribution is 2.22. The molecule has 0 aliphatic rings. The standard InChI is InChI=1S/C28H30ClN3O8S/c1-4-20(5-2)39-28(35)40-25-13-8-19(17-31-25)26(33)32-41(36,37)22-10-6-18(7-11-22)14-15-30-27(34)23-16-21(38-3)9-12-24(23)29/h6-13,16-17,20H,4-5,14-15H2,1-3H3,(H,30,34)(H,32,33). The van der Waals surface area contributed by atoms with Crippen LogP contribution in [0.25, 0.3) is 0 Å². The van der Waals surface area contributed by atoms with E-state index < -0.39 is 22.1 Å². The fourth-order valence-corrected chi connectivity index (χ4v) is 4.75. The van der Waals surface area contributed by atoms with E-state index in [-0.39, 0.29) is 45.5 Å². The zero-order chi connectivity index (χ0) is 30.0. The lowest BCUT2D eigenvalue weighted by atomic mass is 10.1. The molecule has 3 rings (SSSR count). The highest BCUT2D eigenvalue weighted by atomic mass is 35.5. The highest BCUT2D eigenvalue weighted by molar-refractivity contribution is 7.90. The van der Waals surface area contributed by atoms with E-state index in [0.717, 1.165) is 11.8 Å². The number of amides is 2. The van der Waals surface area contributed by atoms with Gasteiger partial charge in [-0.1, -0.05) is 37.6 Å². The Morgan fingerprint density at radius 3 is 2.29 bits per heavy atom. The molecule has 0 radical (unpaired) electrons. The lowest BCUT2D eigenvalue weighted by Gasteiger charge is -2.13. The molecular weight excluding hydrogens is 574 g/mol. The van der Waals surface area contributed by atoms with Crippen molar-refractivity contribution in [2.75, 3.05) is 13.7 Å². The van der Waals surface area contributed by atoms with E-state index in [1.54, 1.807) is 24.3 Å². The van der Waals surface area contributed by atoms with Crippen molar-refractivity contribution in [2.45, 2.75) is 44.1 Å². The molecule has 0 aliphatic carbocycles. The fourth-order valence-electron chi connectivity index (χ4n) is 3.57. The number of ether oxygens (including phenoxy) is 3. The van der Waals surface area contributed by atoms with Crippen LogP contribution in [-0.2, 0) is 21.2 Å². The SMILES string of the molecule is CCC(CC)OC(=O)Oc1ccc(C(=O)NS(=O)(=O)c2ccc(CCNC(=O)c3cc(OC)ccc3Cl)cc2)cn1. The molecule has 13 heteroatoms. The summed E-state index contributed by atoms with van der Waals surface area (Å²) in [5.74, 6) is -0.878. The monoisotopic (exact) mass is 603 g/mol. The van der Waals surface area contributed by atoms with Crippen molar-refractivity contribution in [1.29, 1.82) is 0 Å². The van der Waals surface area contributed by atoms with Crippen LogP contribution in [0, 0.1) is 0 Å². The number of hydrogen-bond acceptors (Lipinski definition) is 9. The molecule has 2 aromatic carbocycles. The minimum Gasteiger partial charge on any atom is -0.497 e. The van der Waals surface area contributed by atoms with E-state index in [1.165, 1.54) is 37.4 Å². The maximum absolute atomic E-state index is 12.7. The van der Waals surface area contributed by atoms with Crippen LogP contribution < -0.4 is 19.5 Å². The second kappa shape index (κ2) is 14.5. The summed E-state index contributed by atoms with van der Waals surface area (Å²) in [7, 11) is -2.70. The first-order valence-corrected chi connectivity index (χ1v) is 14.5. The van der Waals surface area contributed by atoms with Gasteiger partial charge in [0, 0.05) is 18.8 Å². The number of pyridine rings is 1. The summed E-state index contributed by atoms with van der Waals surface area (Å²) < 4.78 is 42.7. The van der Waals surface area contributed by atoms with Gasteiger partial charge >= 0.3 is 6.16 Å². The quantitative estimate of drug-likeness (QED) is 0.284. The number of methoxy groups -OCH3 is 1. The molecule has 1 heterocycles. The molecule has 0 saturated heterocycles. The summed E-state index contributed by atoms with van der Waals surface area (Å²) in [4.78, 5) is 40.6. The van der Waals surface area contributed by atoms with Crippen molar-refractivity contribution < 1.29 is 37.0 Å². The van der Waals surface area contributed by atoms with Gasteiger partial charge in [0.05, 0.1) is 28.2 Å². The van der Waals surface area contributed by atoms with Gasteiger partial charge in [-0.25, -0.2) is 22.9 Å². The normalized spacial score (nSPS) is 11.0. The lowest BCUT2D eigenvalue weighted by molar-refractivity contribution is 0.0538. The molecule has 0 unspecified atom stereocenters. The van der Waals surface area contributed by atoms with Crippen molar-refractivity contribution in [3.8, 4) is 11.6 Å². The number of sulfonamides is 1. The van der Waals surface area contributed by atoms with Crippen LogP contribution in [0.2, 0.25) is 5.02 Å². The van der Waals surface area contributed by atoms with Crippen LogP contribution in [0.15, 0.2) is 65.7 Å². The number of rotatable bonds is 12. The van der Waals surface area contributed by atoms with Gasteiger partial charge in [0.1, 0.15) is 11.9 Å². The second-order valence-electron chi connectivity index (χ2n) is 8.72. The van der Waals surface area contributed by atoms with E-state index in [4.69, 9.17) is 25.8 Å². The van der Waals surface area contributed by atoms with Crippen LogP contribution in [0.5, 0.6) is 11.6 Å². The number of hydrogen-bond donors (Lipinski definition) is 2. The largest absolute Gasteiger partial charge is 0.515 e. The maximum atomic E-state index is 12.7. The Balaban J connectivity index is 1.53. The van der Waals surface area contributed by atoms with Crippen molar-refractivity contribution >= 4 is 39.6 Å². The van der Waals surface area contributed by atoms with Gasteiger partial charge in [-0.2, -0.15) is 0 Å². The molecule has 0 fully saturated rings. The summed E-state index contributed by atoms with van der Waals surface area (Å²) in [6, 6.07) is 13.2. The number of carbonyl (C=O) groups excluding carboxylic acids is 3. The summed E-state index contributed by atoms with van der Waals surface area (Å²) in [5, 5.41) is 3.05.